The summed E-state index contributed by atoms with van der Waals surface area (Å²) in [6.07, 6.45) is 1.68. The fourth-order valence-electron chi connectivity index (χ4n) is 4.96. The van der Waals surface area contributed by atoms with Gasteiger partial charge in [-0.25, -0.2) is 4.79 Å². The minimum atomic E-state index is -0.322. The van der Waals surface area contributed by atoms with Crippen LogP contribution in [0.5, 0.6) is 0 Å². The van der Waals surface area contributed by atoms with Crippen LogP contribution in [0.4, 0.5) is 0 Å². The highest BCUT2D eigenvalue weighted by molar-refractivity contribution is 6.31. The van der Waals surface area contributed by atoms with Crippen LogP contribution < -0.4 is 5.69 Å². The number of nitrogens with zero attached hydrogens (tertiary/aromatic N) is 3. The van der Waals surface area contributed by atoms with Gasteiger partial charge >= 0.3 is 5.69 Å². The Bertz CT molecular complexity index is 1230. The first-order valence-corrected chi connectivity index (χ1v) is 11.4. The Labute approximate surface area is 190 Å². The topological polar surface area (TPSA) is 78.4 Å². The molecule has 1 atom stereocenters. The molecular formula is C24H25ClN4O3. The predicted molar refractivity (Wildman–Crippen MR) is 122 cm³/mol. The molecule has 0 saturated carbocycles. The number of halogens is 1. The highest BCUT2D eigenvalue weighted by Crippen LogP contribution is 2.29. The number of rotatable bonds is 4. The van der Waals surface area contributed by atoms with Gasteiger partial charge in [0.1, 0.15) is 0 Å². The van der Waals surface area contributed by atoms with Gasteiger partial charge in [-0.3, -0.25) is 14.2 Å². The lowest BCUT2D eigenvalue weighted by molar-refractivity contribution is -0.137. The highest BCUT2D eigenvalue weighted by Gasteiger charge is 2.38. The number of carbonyl (C=O) groups excluding carboxylic acids is 2. The van der Waals surface area contributed by atoms with Crippen molar-refractivity contribution in [3.63, 3.8) is 0 Å². The maximum atomic E-state index is 13.1. The number of amides is 2. The third-order valence-electron chi connectivity index (χ3n) is 6.65. The van der Waals surface area contributed by atoms with Crippen molar-refractivity contribution in [1.82, 2.24) is 19.4 Å². The van der Waals surface area contributed by atoms with Crippen molar-refractivity contribution in [3.05, 3.63) is 69.6 Å². The maximum Gasteiger partial charge on any atom is 0.326 e. The van der Waals surface area contributed by atoms with Crippen molar-refractivity contribution in [2.75, 3.05) is 19.6 Å². The lowest BCUT2D eigenvalue weighted by atomic mass is 10.0. The molecule has 1 N–H and O–H groups in total. The second kappa shape index (κ2) is 8.47. The van der Waals surface area contributed by atoms with Gasteiger partial charge in [-0.15, -0.1) is 0 Å². The van der Waals surface area contributed by atoms with Crippen LogP contribution in [-0.2, 0) is 16.1 Å². The lowest BCUT2D eigenvalue weighted by Crippen LogP contribution is -2.43. The van der Waals surface area contributed by atoms with Gasteiger partial charge < -0.3 is 14.8 Å². The summed E-state index contributed by atoms with van der Waals surface area (Å²) < 4.78 is 1.82. The summed E-state index contributed by atoms with van der Waals surface area (Å²) in [5.74, 6) is -0.300. The molecule has 3 heterocycles. The molecule has 5 rings (SSSR count). The smallest absolute Gasteiger partial charge is 0.326 e. The van der Waals surface area contributed by atoms with E-state index >= 15 is 0 Å². The molecule has 0 aliphatic carbocycles. The first-order valence-electron chi connectivity index (χ1n) is 11.0. The molecule has 1 aromatic heterocycles. The van der Waals surface area contributed by atoms with E-state index in [0.29, 0.717) is 31.2 Å². The fraction of sp³-hybridized carbons (Fsp3) is 0.375. The van der Waals surface area contributed by atoms with Crippen LogP contribution in [0.1, 0.15) is 30.9 Å². The molecule has 2 saturated heterocycles. The van der Waals surface area contributed by atoms with Crippen molar-refractivity contribution < 1.29 is 9.59 Å². The van der Waals surface area contributed by atoms with Gasteiger partial charge in [0.05, 0.1) is 17.0 Å². The van der Waals surface area contributed by atoms with E-state index < -0.39 is 0 Å². The molecule has 8 heteroatoms. The molecule has 7 nitrogen and oxygen atoms in total. The van der Waals surface area contributed by atoms with E-state index in [9.17, 15) is 14.4 Å². The van der Waals surface area contributed by atoms with Gasteiger partial charge in [-0.1, -0.05) is 41.9 Å². The number of para-hydroxylation sites is 2. The number of imidazole rings is 1. The third-order valence-corrected chi connectivity index (χ3v) is 7.02. The van der Waals surface area contributed by atoms with Crippen molar-refractivity contribution in [1.29, 1.82) is 0 Å². The molecule has 3 aromatic rings. The largest absolute Gasteiger partial charge is 0.342 e. The van der Waals surface area contributed by atoms with E-state index in [2.05, 4.69) is 4.98 Å². The average molecular weight is 453 g/mol. The Balaban J connectivity index is 1.22. The molecule has 166 valence electrons. The maximum absolute atomic E-state index is 13.1. The minimum Gasteiger partial charge on any atom is -0.342 e. The number of aromatic nitrogens is 2. The van der Waals surface area contributed by atoms with Crippen LogP contribution in [0.3, 0.4) is 0 Å². The molecule has 2 aliphatic rings. The Morgan fingerprint density at radius 3 is 2.53 bits per heavy atom. The first-order chi connectivity index (χ1) is 15.5. The molecule has 2 aromatic carbocycles. The lowest BCUT2D eigenvalue weighted by Gasteiger charge is -2.34. The minimum absolute atomic E-state index is 0.0106. The number of piperidine rings is 1. The fourth-order valence-corrected chi connectivity index (χ4v) is 5.16. The monoisotopic (exact) mass is 452 g/mol. The molecule has 0 radical (unpaired) electrons. The molecule has 0 bridgehead atoms. The summed E-state index contributed by atoms with van der Waals surface area (Å²) in [6, 6.07) is 15.2. The van der Waals surface area contributed by atoms with Gasteiger partial charge in [0.2, 0.25) is 11.8 Å². The zero-order valence-corrected chi connectivity index (χ0v) is 18.4. The summed E-state index contributed by atoms with van der Waals surface area (Å²) in [6.45, 7) is 2.02. The van der Waals surface area contributed by atoms with Crippen LogP contribution in [0.25, 0.3) is 11.0 Å². The van der Waals surface area contributed by atoms with Crippen LogP contribution in [0.15, 0.2) is 53.3 Å². The first kappa shape index (κ1) is 20.8. The normalized spacial score (nSPS) is 19.8. The second-order valence-electron chi connectivity index (χ2n) is 8.64. The number of hydrogen-bond donors (Lipinski definition) is 1. The van der Waals surface area contributed by atoms with Gasteiger partial charge in [0.15, 0.2) is 0 Å². The third kappa shape index (κ3) is 3.81. The van der Waals surface area contributed by atoms with E-state index in [1.807, 2.05) is 58.0 Å². The van der Waals surface area contributed by atoms with Crippen molar-refractivity contribution >= 4 is 34.4 Å². The van der Waals surface area contributed by atoms with Crippen LogP contribution in [-0.4, -0.2) is 50.8 Å². The van der Waals surface area contributed by atoms with Crippen molar-refractivity contribution in [2.45, 2.75) is 31.8 Å². The van der Waals surface area contributed by atoms with Crippen LogP contribution >= 0.6 is 11.6 Å². The zero-order valence-electron chi connectivity index (χ0n) is 17.7. The number of benzene rings is 2. The number of fused-ring (bicyclic) bond motifs is 1. The number of nitrogens with one attached hydrogen (secondary N) is 1. The molecule has 2 fully saturated rings. The number of likely N-dealkylation sites (tertiary alicyclic amines) is 2. The Morgan fingerprint density at radius 2 is 1.75 bits per heavy atom. The number of aromatic amines is 1. The summed E-state index contributed by atoms with van der Waals surface area (Å²) in [4.78, 5) is 44.6. The van der Waals surface area contributed by atoms with E-state index in [1.165, 1.54) is 0 Å². The number of hydrogen-bond acceptors (Lipinski definition) is 3. The van der Waals surface area contributed by atoms with Gasteiger partial charge in [-0.05, 0) is 36.6 Å². The van der Waals surface area contributed by atoms with Gasteiger partial charge in [-0.2, -0.15) is 0 Å². The second-order valence-corrected chi connectivity index (χ2v) is 9.05. The average Bonchev–Trinajstić information content (AvgIpc) is 3.33. The number of carbonyl (C=O) groups is 2. The zero-order chi connectivity index (χ0) is 22.2. The van der Waals surface area contributed by atoms with E-state index in [1.54, 1.807) is 4.90 Å². The Morgan fingerprint density at radius 1 is 1.03 bits per heavy atom. The highest BCUT2D eigenvalue weighted by atomic mass is 35.5. The van der Waals surface area contributed by atoms with E-state index in [4.69, 9.17) is 11.6 Å². The molecule has 0 unspecified atom stereocenters. The standard InChI is InChI=1S/C24H25ClN4O3/c25-19-6-2-1-5-16(19)14-28-15-17(13-22(28)30)23(31)27-11-9-18(10-12-27)29-21-8-4-3-7-20(21)26-24(29)32/h1-8,17-18H,9-15H2,(H,26,32)/t17-/m1/s1. The molecular weight excluding hydrogens is 428 g/mol. The van der Waals surface area contributed by atoms with E-state index in [0.717, 1.165) is 29.4 Å². The van der Waals surface area contributed by atoms with Crippen LogP contribution in [0.2, 0.25) is 5.02 Å². The summed E-state index contributed by atoms with van der Waals surface area (Å²) >= 11 is 6.23. The van der Waals surface area contributed by atoms with Gasteiger partial charge in [0, 0.05) is 43.7 Å². The molecule has 32 heavy (non-hydrogen) atoms. The Hall–Kier alpha value is -3.06. The van der Waals surface area contributed by atoms with Crippen molar-refractivity contribution in [3.8, 4) is 0 Å². The van der Waals surface area contributed by atoms with Crippen LogP contribution in [0, 0.1) is 5.92 Å². The van der Waals surface area contributed by atoms with E-state index in [-0.39, 0.29) is 35.9 Å². The predicted octanol–water partition coefficient (Wildman–Crippen LogP) is 3.20. The summed E-state index contributed by atoms with van der Waals surface area (Å²) in [5.41, 5.74) is 2.52. The van der Waals surface area contributed by atoms with Crippen molar-refractivity contribution in [2.24, 2.45) is 5.92 Å². The van der Waals surface area contributed by atoms with Gasteiger partial charge in [0.25, 0.3) is 0 Å². The molecule has 2 aliphatic heterocycles. The Kier molecular flexibility index (Phi) is 5.51. The quantitative estimate of drug-likeness (QED) is 0.660. The number of H-pyrrole nitrogens is 1. The molecule has 2 amide bonds. The molecule has 0 spiro atoms. The summed E-state index contributed by atoms with van der Waals surface area (Å²) in [5, 5.41) is 0.629. The summed E-state index contributed by atoms with van der Waals surface area (Å²) in [7, 11) is 0. The SMILES string of the molecule is O=C1C[C@@H](C(=O)N2CCC(n3c(=O)[nH]c4ccccc43)CC2)CN1Cc1ccccc1Cl.